The first-order valence-corrected chi connectivity index (χ1v) is 11.5. The van der Waals surface area contributed by atoms with Crippen LogP contribution in [0.5, 0.6) is 0 Å². The van der Waals surface area contributed by atoms with Crippen molar-refractivity contribution in [3.63, 3.8) is 0 Å². The number of fused-ring (bicyclic) bond motifs is 1. The van der Waals surface area contributed by atoms with Gasteiger partial charge in [0.15, 0.2) is 6.61 Å². The van der Waals surface area contributed by atoms with E-state index in [0.717, 1.165) is 12.8 Å². The topological polar surface area (TPSA) is 99.5 Å². The molecule has 1 fully saturated rings. The molecular formula is C28H23N3O4. The SMILES string of the molecule is N#Cc1ccccc1-c1ccccc1C(=O)OCC(=O)N1c2ccccc2NC(=O)C12CCCC2. The number of esters is 1. The molecule has 0 radical (unpaired) electrons. The molecule has 1 heterocycles. The average Bonchev–Trinajstić information content (AvgIpc) is 3.38. The summed E-state index contributed by atoms with van der Waals surface area (Å²) in [5, 5.41) is 12.4. The molecule has 0 unspecified atom stereocenters. The van der Waals surface area contributed by atoms with Crippen LogP contribution < -0.4 is 10.2 Å². The Kier molecular flexibility index (Phi) is 5.79. The number of nitriles is 1. The van der Waals surface area contributed by atoms with Crippen molar-refractivity contribution in [2.24, 2.45) is 0 Å². The van der Waals surface area contributed by atoms with Gasteiger partial charge in [-0.2, -0.15) is 5.26 Å². The fourth-order valence-electron chi connectivity index (χ4n) is 5.11. The van der Waals surface area contributed by atoms with Crippen LogP contribution in [0.3, 0.4) is 0 Å². The minimum atomic E-state index is -0.971. The van der Waals surface area contributed by atoms with Gasteiger partial charge in [0.2, 0.25) is 0 Å². The number of hydrogen-bond acceptors (Lipinski definition) is 5. The molecule has 1 aliphatic carbocycles. The molecule has 3 aromatic rings. The van der Waals surface area contributed by atoms with Crippen molar-refractivity contribution in [3.05, 3.63) is 83.9 Å². The van der Waals surface area contributed by atoms with Crippen molar-refractivity contribution >= 4 is 29.2 Å². The predicted octanol–water partition coefficient (Wildman–Crippen LogP) is 4.68. The molecule has 5 rings (SSSR count). The lowest BCUT2D eigenvalue weighted by atomic mass is 9.90. The number of carbonyl (C=O) groups is 3. The maximum absolute atomic E-state index is 13.5. The zero-order valence-electron chi connectivity index (χ0n) is 19.0. The van der Waals surface area contributed by atoms with E-state index in [1.807, 2.05) is 6.07 Å². The summed E-state index contributed by atoms with van der Waals surface area (Å²) in [5.41, 5.74) is 2.06. The standard InChI is InChI=1S/C28H23N3O4/c29-17-19-9-1-2-10-20(19)21-11-3-4-12-22(21)26(33)35-18-25(32)31-24-14-6-5-13-23(24)30-27(34)28(31)15-7-8-16-28/h1-6,9-14H,7-8,15-16,18H2,(H,30,34). The molecule has 0 bridgehead atoms. The molecule has 0 aromatic heterocycles. The third-order valence-corrected chi connectivity index (χ3v) is 6.74. The number of anilines is 2. The number of carbonyl (C=O) groups excluding carboxylic acids is 3. The molecule has 2 aliphatic rings. The van der Waals surface area contributed by atoms with Gasteiger partial charge in [-0.15, -0.1) is 0 Å². The van der Waals surface area contributed by atoms with Gasteiger partial charge in [0, 0.05) is 5.56 Å². The molecule has 3 aromatic carbocycles. The molecule has 7 nitrogen and oxygen atoms in total. The van der Waals surface area contributed by atoms with Gasteiger partial charge in [0.05, 0.1) is 28.6 Å². The summed E-state index contributed by atoms with van der Waals surface area (Å²) in [6, 6.07) is 23.1. The predicted molar refractivity (Wildman–Crippen MR) is 131 cm³/mol. The molecule has 1 saturated carbocycles. The van der Waals surface area contributed by atoms with E-state index in [2.05, 4.69) is 11.4 Å². The summed E-state index contributed by atoms with van der Waals surface area (Å²) in [6.07, 6.45) is 2.79. The quantitative estimate of drug-likeness (QED) is 0.564. The number of benzene rings is 3. The number of rotatable bonds is 4. The average molecular weight is 466 g/mol. The monoisotopic (exact) mass is 465 g/mol. The first kappa shape index (κ1) is 22.4. The third-order valence-electron chi connectivity index (χ3n) is 6.74. The number of ether oxygens (including phenoxy) is 1. The van der Waals surface area contributed by atoms with Gasteiger partial charge in [-0.1, -0.05) is 61.4 Å². The number of amides is 2. The first-order valence-electron chi connectivity index (χ1n) is 11.5. The molecule has 1 N–H and O–H groups in total. The van der Waals surface area contributed by atoms with Gasteiger partial charge in [-0.05, 0) is 42.7 Å². The molecule has 1 spiro atoms. The molecule has 1 aliphatic heterocycles. The summed E-state index contributed by atoms with van der Waals surface area (Å²) in [5.74, 6) is -1.32. The third kappa shape index (κ3) is 3.83. The van der Waals surface area contributed by atoms with E-state index in [0.29, 0.717) is 40.9 Å². The Morgan fingerprint density at radius 3 is 2.37 bits per heavy atom. The van der Waals surface area contributed by atoms with Crippen molar-refractivity contribution in [1.82, 2.24) is 0 Å². The fraction of sp³-hybridized carbons (Fsp3) is 0.214. The maximum atomic E-state index is 13.5. The fourth-order valence-corrected chi connectivity index (χ4v) is 5.11. The van der Waals surface area contributed by atoms with Crippen LogP contribution in [0.15, 0.2) is 72.8 Å². The second kappa shape index (κ2) is 9.07. The zero-order chi connectivity index (χ0) is 24.4. The smallest absolute Gasteiger partial charge is 0.339 e. The van der Waals surface area contributed by atoms with Crippen molar-refractivity contribution < 1.29 is 19.1 Å². The molecule has 7 heteroatoms. The van der Waals surface area contributed by atoms with Crippen LogP contribution in [0.1, 0.15) is 41.6 Å². The van der Waals surface area contributed by atoms with Gasteiger partial charge >= 0.3 is 5.97 Å². The van der Waals surface area contributed by atoms with Crippen LogP contribution in [0, 0.1) is 11.3 Å². The van der Waals surface area contributed by atoms with Crippen LogP contribution in [0.2, 0.25) is 0 Å². The van der Waals surface area contributed by atoms with Crippen LogP contribution >= 0.6 is 0 Å². The summed E-state index contributed by atoms with van der Waals surface area (Å²) in [4.78, 5) is 41.2. The van der Waals surface area contributed by atoms with E-state index < -0.39 is 24.0 Å². The van der Waals surface area contributed by atoms with Crippen molar-refractivity contribution in [3.8, 4) is 17.2 Å². The van der Waals surface area contributed by atoms with Crippen molar-refractivity contribution in [2.45, 2.75) is 31.2 Å². The minimum Gasteiger partial charge on any atom is -0.452 e. The molecule has 2 amide bonds. The summed E-state index contributed by atoms with van der Waals surface area (Å²) in [6.45, 7) is -0.504. The Labute approximate surface area is 202 Å². The van der Waals surface area contributed by atoms with Gasteiger partial charge < -0.3 is 10.1 Å². The van der Waals surface area contributed by atoms with Crippen LogP contribution in [-0.2, 0) is 14.3 Å². The van der Waals surface area contributed by atoms with Gasteiger partial charge in [-0.3, -0.25) is 14.5 Å². The van der Waals surface area contributed by atoms with E-state index >= 15 is 0 Å². The van der Waals surface area contributed by atoms with E-state index in [1.165, 1.54) is 4.90 Å². The Morgan fingerprint density at radius 1 is 0.943 bits per heavy atom. The number of hydrogen-bond donors (Lipinski definition) is 1. The van der Waals surface area contributed by atoms with Crippen molar-refractivity contribution in [1.29, 1.82) is 5.26 Å². The van der Waals surface area contributed by atoms with Gasteiger partial charge in [-0.25, -0.2) is 4.79 Å². The Balaban J connectivity index is 1.42. The lowest BCUT2D eigenvalue weighted by Crippen LogP contribution is -2.61. The number of nitrogens with zero attached hydrogens (tertiary/aromatic N) is 2. The minimum absolute atomic E-state index is 0.202. The van der Waals surface area contributed by atoms with Crippen molar-refractivity contribution in [2.75, 3.05) is 16.8 Å². The summed E-state index contributed by atoms with van der Waals surface area (Å²) >= 11 is 0. The maximum Gasteiger partial charge on any atom is 0.339 e. The molecule has 0 atom stereocenters. The Morgan fingerprint density at radius 2 is 1.60 bits per heavy atom. The second-order valence-corrected chi connectivity index (χ2v) is 8.72. The molecule has 0 saturated heterocycles. The highest BCUT2D eigenvalue weighted by Gasteiger charge is 2.52. The molecule has 35 heavy (non-hydrogen) atoms. The number of nitrogens with one attached hydrogen (secondary N) is 1. The van der Waals surface area contributed by atoms with Gasteiger partial charge in [0.25, 0.3) is 11.8 Å². The lowest BCUT2D eigenvalue weighted by Gasteiger charge is -2.44. The van der Waals surface area contributed by atoms with Crippen LogP contribution in [-0.4, -0.2) is 29.9 Å². The zero-order valence-corrected chi connectivity index (χ0v) is 19.0. The van der Waals surface area contributed by atoms with E-state index in [1.54, 1.807) is 66.7 Å². The normalized spacial score (nSPS) is 15.7. The van der Waals surface area contributed by atoms with E-state index in [-0.39, 0.29) is 11.5 Å². The van der Waals surface area contributed by atoms with Crippen LogP contribution in [0.25, 0.3) is 11.1 Å². The summed E-state index contributed by atoms with van der Waals surface area (Å²) < 4.78 is 5.49. The molecular weight excluding hydrogens is 442 g/mol. The van der Waals surface area contributed by atoms with Gasteiger partial charge in [0.1, 0.15) is 5.54 Å². The Bertz CT molecular complexity index is 1370. The largest absolute Gasteiger partial charge is 0.452 e. The Hall–Kier alpha value is -4.44. The lowest BCUT2D eigenvalue weighted by molar-refractivity contribution is -0.129. The summed E-state index contributed by atoms with van der Waals surface area (Å²) in [7, 11) is 0. The van der Waals surface area contributed by atoms with E-state index in [9.17, 15) is 19.6 Å². The molecule has 174 valence electrons. The number of para-hydroxylation sites is 2. The second-order valence-electron chi connectivity index (χ2n) is 8.72. The highest BCUT2D eigenvalue weighted by Crippen LogP contribution is 2.45. The first-order chi connectivity index (χ1) is 17.0. The van der Waals surface area contributed by atoms with Crippen LogP contribution in [0.4, 0.5) is 11.4 Å². The van der Waals surface area contributed by atoms with E-state index in [4.69, 9.17) is 4.74 Å². The highest BCUT2D eigenvalue weighted by atomic mass is 16.5. The highest BCUT2D eigenvalue weighted by molar-refractivity contribution is 6.15.